The molecular weight excluding hydrogens is 565 g/mol. The first-order valence-corrected chi connectivity index (χ1v) is 15.6. The van der Waals surface area contributed by atoms with E-state index in [1.54, 1.807) is 62.4 Å². The van der Waals surface area contributed by atoms with Gasteiger partial charge in [0.25, 0.3) is 10.0 Å². The Labute approximate surface area is 253 Å². The maximum atomic E-state index is 14.9. The summed E-state index contributed by atoms with van der Waals surface area (Å²) >= 11 is 0. The molecule has 0 aliphatic heterocycles. The number of rotatable bonds is 12. The van der Waals surface area contributed by atoms with Gasteiger partial charge in [-0.25, -0.2) is 12.8 Å². The van der Waals surface area contributed by atoms with Crippen molar-refractivity contribution >= 4 is 27.5 Å². The third-order valence-corrected chi connectivity index (χ3v) is 9.15. The van der Waals surface area contributed by atoms with Crippen molar-refractivity contribution in [3.63, 3.8) is 0 Å². The average molecular weight is 602 g/mol. The molecule has 1 atom stereocenters. The van der Waals surface area contributed by atoms with E-state index in [-0.39, 0.29) is 23.4 Å². The summed E-state index contributed by atoms with van der Waals surface area (Å²) in [6.45, 7) is 4.93. The lowest BCUT2D eigenvalue weighted by atomic mass is 10.0. The molecule has 0 radical (unpaired) electrons. The fourth-order valence-corrected chi connectivity index (χ4v) is 6.39. The van der Waals surface area contributed by atoms with Crippen molar-refractivity contribution in [3.05, 3.63) is 131 Å². The summed E-state index contributed by atoms with van der Waals surface area (Å²) in [7, 11) is -4.21. The van der Waals surface area contributed by atoms with E-state index in [0.717, 1.165) is 15.4 Å². The fourth-order valence-electron chi connectivity index (χ4n) is 4.89. The number of benzene rings is 4. The Balaban J connectivity index is 1.83. The summed E-state index contributed by atoms with van der Waals surface area (Å²) in [5.74, 6) is -1.59. The van der Waals surface area contributed by atoms with Crippen LogP contribution in [0.4, 0.5) is 10.1 Å². The molecule has 0 aromatic heterocycles. The van der Waals surface area contributed by atoms with Crippen LogP contribution in [0.1, 0.15) is 29.2 Å². The first kappa shape index (κ1) is 31.4. The molecule has 0 aliphatic rings. The molecule has 0 saturated carbocycles. The Hall–Kier alpha value is -4.50. The number of anilines is 1. The number of likely N-dealkylation sites (N-methyl/N-ethyl adjacent to an activating group) is 1. The lowest BCUT2D eigenvalue weighted by molar-refractivity contribution is -0.140. The monoisotopic (exact) mass is 601 g/mol. The van der Waals surface area contributed by atoms with Gasteiger partial charge in [-0.15, -0.1) is 0 Å². The van der Waals surface area contributed by atoms with Gasteiger partial charge in [0.15, 0.2) is 0 Å². The summed E-state index contributed by atoms with van der Waals surface area (Å²) in [5, 5.41) is 2.80. The van der Waals surface area contributed by atoms with Gasteiger partial charge in [-0.05, 0) is 61.7 Å². The zero-order chi connectivity index (χ0) is 31.0. The first-order chi connectivity index (χ1) is 20.6. The minimum atomic E-state index is -4.21. The first-order valence-electron chi connectivity index (χ1n) is 14.1. The number of carbonyl (C=O) groups is 2. The van der Waals surface area contributed by atoms with Gasteiger partial charge >= 0.3 is 0 Å². The van der Waals surface area contributed by atoms with Crippen molar-refractivity contribution in [1.82, 2.24) is 10.2 Å². The van der Waals surface area contributed by atoms with Gasteiger partial charge in [0.2, 0.25) is 11.8 Å². The molecule has 0 heterocycles. The number of aryl methyl sites for hydroxylation is 1. The average Bonchev–Trinajstić information content (AvgIpc) is 3.01. The van der Waals surface area contributed by atoms with Crippen molar-refractivity contribution in [2.75, 3.05) is 17.4 Å². The summed E-state index contributed by atoms with van der Waals surface area (Å²) < 4.78 is 44.2. The molecule has 1 unspecified atom stereocenters. The molecule has 0 saturated heterocycles. The highest BCUT2D eigenvalue weighted by Crippen LogP contribution is 2.29. The number of hydrogen-bond donors (Lipinski definition) is 1. The minimum absolute atomic E-state index is 0.0221. The number of carbonyl (C=O) groups excluding carboxylic acids is 2. The fraction of sp³-hybridized carbons (Fsp3) is 0.235. The molecule has 9 heteroatoms. The number of hydrogen-bond acceptors (Lipinski definition) is 4. The van der Waals surface area contributed by atoms with Crippen LogP contribution in [-0.2, 0) is 32.6 Å². The second-order valence-corrected chi connectivity index (χ2v) is 12.1. The molecule has 0 bridgehead atoms. The molecule has 4 aromatic rings. The predicted molar refractivity (Wildman–Crippen MR) is 166 cm³/mol. The van der Waals surface area contributed by atoms with Crippen LogP contribution in [-0.4, -0.2) is 44.3 Å². The topological polar surface area (TPSA) is 86.8 Å². The van der Waals surface area contributed by atoms with Crippen LogP contribution in [0.25, 0.3) is 0 Å². The standard InChI is InChI=1S/C34H36FN3O4S/c1-4-36-34(40)32(22-27-15-7-5-8-16-27)37(23-28-17-11-12-20-30(28)35)33(39)24-38(31-21-13-14-25(2)26(31)3)43(41,42)29-18-9-6-10-19-29/h5-21,32H,4,22-24H2,1-3H3,(H,36,40). The lowest BCUT2D eigenvalue weighted by Crippen LogP contribution is -2.53. The largest absolute Gasteiger partial charge is 0.355 e. The Bertz CT molecular complexity index is 1660. The molecular formula is C34H36FN3O4S. The van der Waals surface area contributed by atoms with E-state index in [9.17, 15) is 22.4 Å². The van der Waals surface area contributed by atoms with Gasteiger partial charge in [-0.2, -0.15) is 0 Å². The third-order valence-electron chi connectivity index (χ3n) is 7.38. The highest BCUT2D eigenvalue weighted by Gasteiger charge is 2.35. The summed E-state index contributed by atoms with van der Waals surface area (Å²) in [6.07, 6.45) is 0.155. The summed E-state index contributed by atoms with van der Waals surface area (Å²) in [5.41, 5.74) is 2.90. The number of amides is 2. The number of nitrogens with zero attached hydrogens (tertiary/aromatic N) is 2. The van der Waals surface area contributed by atoms with E-state index < -0.39 is 40.2 Å². The van der Waals surface area contributed by atoms with Gasteiger partial charge in [0, 0.05) is 25.1 Å². The Kier molecular flexibility index (Phi) is 10.3. The molecule has 4 aromatic carbocycles. The summed E-state index contributed by atoms with van der Waals surface area (Å²) in [6, 6.07) is 27.4. The minimum Gasteiger partial charge on any atom is -0.355 e. The highest BCUT2D eigenvalue weighted by molar-refractivity contribution is 7.92. The van der Waals surface area contributed by atoms with Crippen LogP contribution in [0.5, 0.6) is 0 Å². The third kappa shape index (κ3) is 7.48. The predicted octanol–water partition coefficient (Wildman–Crippen LogP) is 5.41. The molecule has 4 rings (SSSR count). The van der Waals surface area contributed by atoms with Crippen LogP contribution in [0, 0.1) is 19.7 Å². The van der Waals surface area contributed by atoms with Crippen molar-refractivity contribution < 1.29 is 22.4 Å². The van der Waals surface area contributed by atoms with Crippen LogP contribution in [0.15, 0.2) is 108 Å². The molecule has 2 amide bonds. The van der Waals surface area contributed by atoms with Crippen molar-refractivity contribution in [2.24, 2.45) is 0 Å². The van der Waals surface area contributed by atoms with Crippen LogP contribution in [0.2, 0.25) is 0 Å². The van der Waals surface area contributed by atoms with Crippen LogP contribution in [0.3, 0.4) is 0 Å². The van der Waals surface area contributed by atoms with Gasteiger partial charge in [-0.1, -0.05) is 78.9 Å². The molecule has 0 spiro atoms. The van der Waals surface area contributed by atoms with Gasteiger partial charge < -0.3 is 10.2 Å². The van der Waals surface area contributed by atoms with E-state index in [2.05, 4.69) is 5.32 Å². The van der Waals surface area contributed by atoms with Crippen molar-refractivity contribution in [1.29, 1.82) is 0 Å². The number of halogens is 1. The maximum Gasteiger partial charge on any atom is 0.264 e. The molecule has 224 valence electrons. The molecule has 1 N–H and O–H groups in total. The second kappa shape index (κ2) is 14.1. The second-order valence-electron chi connectivity index (χ2n) is 10.3. The van der Waals surface area contributed by atoms with Crippen molar-refractivity contribution in [3.8, 4) is 0 Å². The van der Waals surface area contributed by atoms with Gasteiger partial charge in [0.1, 0.15) is 18.4 Å². The zero-order valence-electron chi connectivity index (χ0n) is 24.5. The Morgan fingerprint density at radius 3 is 2.12 bits per heavy atom. The van der Waals surface area contributed by atoms with Gasteiger partial charge in [-0.3, -0.25) is 13.9 Å². The van der Waals surface area contributed by atoms with E-state index in [4.69, 9.17) is 0 Å². The number of sulfonamides is 1. The molecule has 0 fully saturated rings. The zero-order valence-corrected chi connectivity index (χ0v) is 25.4. The van der Waals surface area contributed by atoms with Crippen LogP contribution >= 0.6 is 0 Å². The van der Waals surface area contributed by atoms with Crippen molar-refractivity contribution in [2.45, 2.75) is 44.7 Å². The lowest BCUT2D eigenvalue weighted by Gasteiger charge is -2.34. The normalized spacial score (nSPS) is 11.9. The Morgan fingerprint density at radius 2 is 1.47 bits per heavy atom. The maximum absolute atomic E-state index is 14.9. The van der Waals surface area contributed by atoms with E-state index in [1.165, 1.54) is 23.1 Å². The SMILES string of the molecule is CCNC(=O)C(Cc1ccccc1)N(Cc1ccccc1F)C(=O)CN(c1cccc(C)c1C)S(=O)(=O)c1ccccc1. The quantitative estimate of drug-likeness (QED) is 0.235. The van der Waals surface area contributed by atoms with Crippen LogP contribution < -0.4 is 9.62 Å². The van der Waals surface area contributed by atoms with E-state index in [1.807, 2.05) is 43.3 Å². The smallest absolute Gasteiger partial charge is 0.264 e. The van der Waals surface area contributed by atoms with Gasteiger partial charge in [0.05, 0.1) is 10.6 Å². The molecule has 7 nitrogen and oxygen atoms in total. The molecule has 43 heavy (non-hydrogen) atoms. The number of nitrogens with one attached hydrogen (secondary N) is 1. The molecule has 0 aliphatic carbocycles. The summed E-state index contributed by atoms with van der Waals surface area (Å²) in [4.78, 5) is 29.2. The Morgan fingerprint density at radius 1 is 0.837 bits per heavy atom. The van der Waals surface area contributed by atoms with E-state index >= 15 is 0 Å². The van der Waals surface area contributed by atoms with E-state index in [0.29, 0.717) is 17.8 Å². The highest BCUT2D eigenvalue weighted by atomic mass is 32.2.